The Bertz CT molecular complexity index is 1240. The van der Waals surface area contributed by atoms with Gasteiger partial charge in [0.15, 0.2) is 5.75 Å². The molecule has 2 aromatic heterocycles. The number of aromatic nitrogens is 3. The molecule has 3 aromatic rings. The Kier molecular flexibility index (Phi) is 5.06. The molecule has 1 aliphatic carbocycles. The van der Waals surface area contributed by atoms with Crippen molar-refractivity contribution in [3.8, 4) is 11.5 Å². The largest absolute Gasteiger partial charge is 0.454 e. The maximum Gasteiger partial charge on any atom is 0.339 e. The van der Waals surface area contributed by atoms with Crippen molar-refractivity contribution in [1.29, 1.82) is 0 Å². The first-order valence-corrected chi connectivity index (χ1v) is 11.9. The molecule has 8 nitrogen and oxygen atoms in total. The highest BCUT2D eigenvalue weighted by Crippen LogP contribution is 2.41. The molecule has 0 radical (unpaired) electrons. The van der Waals surface area contributed by atoms with E-state index < -0.39 is 5.60 Å². The van der Waals surface area contributed by atoms with E-state index in [2.05, 4.69) is 15.0 Å². The quantitative estimate of drug-likeness (QED) is 0.490. The Balaban J connectivity index is 1.24. The van der Waals surface area contributed by atoms with Crippen LogP contribution in [0.15, 0.2) is 42.7 Å². The lowest BCUT2D eigenvalue weighted by Gasteiger charge is -2.21. The first-order valence-electron chi connectivity index (χ1n) is 11.9. The zero-order valence-corrected chi connectivity index (χ0v) is 19.4. The fourth-order valence-electron chi connectivity index (χ4n) is 4.71. The second-order valence-electron chi connectivity index (χ2n) is 9.74. The van der Waals surface area contributed by atoms with Gasteiger partial charge in [-0.3, -0.25) is 4.68 Å². The summed E-state index contributed by atoms with van der Waals surface area (Å²) in [4.78, 5) is 16.5. The van der Waals surface area contributed by atoms with Crippen LogP contribution in [0.4, 0.5) is 11.5 Å². The van der Waals surface area contributed by atoms with E-state index in [4.69, 9.17) is 19.3 Å². The number of carbonyl (C=O) groups is 1. The van der Waals surface area contributed by atoms with Gasteiger partial charge in [0.05, 0.1) is 17.8 Å². The van der Waals surface area contributed by atoms with Crippen LogP contribution in [0.25, 0.3) is 0 Å². The molecule has 1 saturated heterocycles. The van der Waals surface area contributed by atoms with Crippen molar-refractivity contribution in [2.24, 2.45) is 0 Å². The van der Waals surface area contributed by atoms with Crippen LogP contribution in [-0.2, 0) is 15.1 Å². The highest BCUT2D eigenvalue weighted by atomic mass is 16.6. The molecule has 1 N–H and O–H groups in total. The summed E-state index contributed by atoms with van der Waals surface area (Å²) in [6, 6.07) is 9.82. The van der Waals surface area contributed by atoms with Crippen LogP contribution in [0, 0.1) is 0 Å². The number of hydrogen-bond donors (Lipinski definition) is 1. The van der Waals surface area contributed by atoms with Gasteiger partial charge in [0.1, 0.15) is 22.9 Å². The molecule has 34 heavy (non-hydrogen) atoms. The minimum atomic E-state index is -0.648. The monoisotopic (exact) mass is 460 g/mol. The average molecular weight is 461 g/mol. The Morgan fingerprint density at radius 2 is 1.94 bits per heavy atom. The van der Waals surface area contributed by atoms with Crippen LogP contribution in [0.5, 0.6) is 11.5 Å². The minimum Gasteiger partial charge on any atom is -0.454 e. The number of carbonyl (C=O) groups excluding carboxylic acids is 1. The van der Waals surface area contributed by atoms with Gasteiger partial charge in [0.2, 0.25) is 0 Å². The highest BCUT2D eigenvalue weighted by molar-refractivity contribution is 5.95. The van der Waals surface area contributed by atoms with Crippen molar-refractivity contribution in [1.82, 2.24) is 14.8 Å². The number of anilines is 2. The van der Waals surface area contributed by atoms with E-state index in [1.807, 2.05) is 44.3 Å². The summed E-state index contributed by atoms with van der Waals surface area (Å²) >= 11 is 0. The molecule has 1 saturated carbocycles. The van der Waals surface area contributed by atoms with Crippen molar-refractivity contribution in [2.75, 3.05) is 18.5 Å². The molecule has 0 unspecified atom stereocenters. The first kappa shape index (κ1) is 21.2. The summed E-state index contributed by atoms with van der Waals surface area (Å²) in [5.74, 6) is 2.23. The number of hydrogen-bond acceptors (Lipinski definition) is 7. The number of benzene rings is 1. The van der Waals surface area contributed by atoms with Gasteiger partial charge >= 0.3 is 5.97 Å². The van der Waals surface area contributed by atoms with Crippen molar-refractivity contribution < 1.29 is 19.0 Å². The van der Waals surface area contributed by atoms with E-state index in [1.165, 1.54) is 12.8 Å². The van der Waals surface area contributed by atoms with Gasteiger partial charge in [0, 0.05) is 42.6 Å². The van der Waals surface area contributed by atoms with Crippen LogP contribution < -0.4 is 10.1 Å². The van der Waals surface area contributed by atoms with Gasteiger partial charge in [-0.2, -0.15) is 5.10 Å². The second kappa shape index (κ2) is 8.13. The molecular weight excluding hydrogens is 432 g/mol. The van der Waals surface area contributed by atoms with Crippen LogP contribution in [0.1, 0.15) is 73.1 Å². The zero-order valence-electron chi connectivity index (χ0n) is 19.4. The number of ether oxygens (including phenoxy) is 3. The summed E-state index contributed by atoms with van der Waals surface area (Å²) in [6.07, 6.45) is 8.03. The molecule has 0 atom stereocenters. The van der Waals surface area contributed by atoms with Crippen LogP contribution in [0.3, 0.4) is 0 Å². The van der Waals surface area contributed by atoms with Gasteiger partial charge in [-0.1, -0.05) is 0 Å². The lowest BCUT2D eigenvalue weighted by molar-refractivity contribution is 0.00954. The van der Waals surface area contributed by atoms with Crippen molar-refractivity contribution >= 4 is 17.5 Å². The normalized spacial score (nSPS) is 19.5. The Hall–Kier alpha value is -3.39. The topological polar surface area (TPSA) is 87.5 Å². The SMILES string of the molecule is CC1(C)OC(=O)c2ccc(Nc3cc(Oc4cn(C5CC5)nc4C4CCOCC4)ccn3)cc21. The van der Waals surface area contributed by atoms with E-state index in [1.54, 1.807) is 12.3 Å². The highest BCUT2D eigenvalue weighted by Gasteiger charge is 2.37. The Morgan fingerprint density at radius 1 is 1.12 bits per heavy atom. The van der Waals surface area contributed by atoms with Gasteiger partial charge in [-0.15, -0.1) is 0 Å². The Morgan fingerprint density at radius 3 is 2.74 bits per heavy atom. The fraction of sp³-hybridized carbons (Fsp3) is 0.423. The number of cyclic esters (lactones) is 1. The fourth-order valence-corrected chi connectivity index (χ4v) is 4.71. The van der Waals surface area contributed by atoms with Crippen LogP contribution in [0.2, 0.25) is 0 Å². The lowest BCUT2D eigenvalue weighted by Crippen LogP contribution is -2.16. The molecule has 2 aliphatic heterocycles. The number of pyridine rings is 1. The molecule has 8 heteroatoms. The van der Waals surface area contributed by atoms with E-state index in [9.17, 15) is 4.79 Å². The van der Waals surface area contributed by atoms with E-state index in [-0.39, 0.29) is 5.97 Å². The van der Waals surface area contributed by atoms with Gasteiger partial charge in [0.25, 0.3) is 0 Å². The molecule has 1 aromatic carbocycles. The number of rotatable bonds is 6. The maximum absolute atomic E-state index is 12.1. The molecule has 3 aliphatic rings. The molecule has 4 heterocycles. The third-order valence-corrected chi connectivity index (χ3v) is 6.72. The molecule has 2 fully saturated rings. The molecule has 0 spiro atoms. The number of nitrogens with one attached hydrogen (secondary N) is 1. The molecule has 0 bridgehead atoms. The van der Waals surface area contributed by atoms with Crippen molar-refractivity contribution in [3.05, 3.63) is 59.5 Å². The standard InChI is InChI=1S/C26H28N4O4/c1-26(2)21-13-17(3-6-20(21)25(31)34-26)28-23-14-19(7-10-27-23)33-22-15-30(18-4-5-18)29-24(22)16-8-11-32-12-9-16/h3,6-7,10,13-16,18H,4-5,8-9,11-12H2,1-2H3,(H,27,28). The van der Waals surface area contributed by atoms with Crippen molar-refractivity contribution in [3.63, 3.8) is 0 Å². The minimum absolute atomic E-state index is 0.285. The molecule has 6 rings (SSSR count). The lowest BCUT2D eigenvalue weighted by atomic mass is 9.95. The summed E-state index contributed by atoms with van der Waals surface area (Å²) < 4.78 is 19.4. The van der Waals surface area contributed by atoms with Gasteiger partial charge in [-0.05, 0) is 63.8 Å². The summed E-state index contributed by atoms with van der Waals surface area (Å²) in [5, 5.41) is 8.23. The van der Waals surface area contributed by atoms with Gasteiger partial charge in [-0.25, -0.2) is 9.78 Å². The third-order valence-electron chi connectivity index (χ3n) is 6.72. The maximum atomic E-state index is 12.1. The van der Waals surface area contributed by atoms with Crippen LogP contribution in [-0.4, -0.2) is 33.9 Å². The van der Waals surface area contributed by atoms with Gasteiger partial charge < -0.3 is 19.5 Å². The second-order valence-corrected chi connectivity index (χ2v) is 9.74. The van der Waals surface area contributed by atoms with Crippen molar-refractivity contribution in [2.45, 2.75) is 57.1 Å². The molecule has 176 valence electrons. The molecule has 0 amide bonds. The predicted octanol–water partition coefficient (Wildman–Crippen LogP) is 5.45. The smallest absolute Gasteiger partial charge is 0.339 e. The zero-order chi connectivity index (χ0) is 23.3. The first-order chi connectivity index (χ1) is 16.5. The molecular formula is C26H28N4O4. The summed E-state index contributed by atoms with van der Waals surface area (Å²) in [6.45, 7) is 5.31. The summed E-state index contributed by atoms with van der Waals surface area (Å²) in [7, 11) is 0. The predicted molar refractivity (Wildman–Crippen MR) is 126 cm³/mol. The van der Waals surface area contributed by atoms with E-state index >= 15 is 0 Å². The summed E-state index contributed by atoms with van der Waals surface area (Å²) in [5.41, 5.74) is 2.67. The van der Waals surface area contributed by atoms with E-state index in [0.717, 1.165) is 48.7 Å². The number of nitrogens with zero attached hydrogens (tertiary/aromatic N) is 3. The van der Waals surface area contributed by atoms with E-state index in [0.29, 0.717) is 29.1 Å². The third kappa shape index (κ3) is 4.03. The number of esters is 1. The van der Waals surface area contributed by atoms with Crippen LogP contribution >= 0.6 is 0 Å². The number of fused-ring (bicyclic) bond motifs is 1. The average Bonchev–Trinajstić information content (AvgIpc) is 3.55. The Labute approximate surface area is 198 Å².